The molecule has 1 aliphatic rings. The second-order valence-corrected chi connectivity index (χ2v) is 4.83. The molecule has 1 aliphatic heterocycles. The maximum atomic E-state index is 12.1. The molecule has 0 aromatic carbocycles. The summed E-state index contributed by atoms with van der Waals surface area (Å²) in [4.78, 5) is 18.0. The number of nitriles is 1. The zero-order chi connectivity index (χ0) is 16.0. The molecule has 0 radical (unpaired) electrons. The van der Waals surface area contributed by atoms with Gasteiger partial charge >= 0.3 is 0 Å². The number of aryl methyl sites for hydroxylation is 1. The standard InChI is InChI=1S/C13H16N4O2.C2H6/c1-8-3-4-11(18)12(15-8)16-13(19)9-5-10(6-14)17(2)7-9;1-2/h3-4,9-10,18H,5,7H2,1-2H3,(H,15,16,19);1-2H3. The van der Waals surface area contributed by atoms with Crippen LogP contribution in [-0.2, 0) is 4.79 Å². The van der Waals surface area contributed by atoms with E-state index in [4.69, 9.17) is 5.26 Å². The van der Waals surface area contributed by atoms with Crippen molar-refractivity contribution in [3.05, 3.63) is 17.8 Å². The van der Waals surface area contributed by atoms with Gasteiger partial charge in [0.25, 0.3) is 0 Å². The Labute approximate surface area is 125 Å². The highest BCUT2D eigenvalue weighted by Gasteiger charge is 2.34. The SMILES string of the molecule is CC.Cc1ccc(O)c(NC(=O)C2CC(C#N)N(C)C2)n1. The van der Waals surface area contributed by atoms with Crippen molar-refractivity contribution in [1.29, 1.82) is 5.26 Å². The molecule has 2 heterocycles. The van der Waals surface area contributed by atoms with Gasteiger partial charge in [-0.15, -0.1) is 0 Å². The summed E-state index contributed by atoms with van der Waals surface area (Å²) >= 11 is 0. The van der Waals surface area contributed by atoms with E-state index in [0.717, 1.165) is 0 Å². The van der Waals surface area contributed by atoms with Crippen molar-refractivity contribution in [2.75, 3.05) is 18.9 Å². The first-order chi connectivity index (χ1) is 10.0. The first-order valence-corrected chi connectivity index (χ1v) is 7.08. The number of nitrogens with zero attached hydrogens (tertiary/aromatic N) is 3. The Morgan fingerprint density at radius 3 is 2.76 bits per heavy atom. The number of aromatic nitrogens is 1. The van der Waals surface area contributed by atoms with Gasteiger partial charge in [-0.1, -0.05) is 13.8 Å². The van der Waals surface area contributed by atoms with Crippen molar-refractivity contribution in [2.24, 2.45) is 5.92 Å². The Kier molecular flexibility index (Phi) is 6.12. The van der Waals surface area contributed by atoms with Crippen LogP contribution < -0.4 is 5.32 Å². The zero-order valence-electron chi connectivity index (χ0n) is 12.9. The highest BCUT2D eigenvalue weighted by atomic mass is 16.3. The summed E-state index contributed by atoms with van der Waals surface area (Å²) in [6.07, 6.45) is 0.505. The van der Waals surface area contributed by atoms with Gasteiger partial charge in [-0.3, -0.25) is 9.69 Å². The van der Waals surface area contributed by atoms with Crippen LogP contribution in [0.3, 0.4) is 0 Å². The van der Waals surface area contributed by atoms with Crippen LogP contribution in [0, 0.1) is 24.2 Å². The van der Waals surface area contributed by atoms with E-state index in [1.807, 2.05) is 25.8 Å². The van der Waals surface area contributed by atoms with Gasteiger partial charge in [0.2, 0.25) is 5.91 Å². The van der Waals surface area contributed by atoms with E-state index in [0.29, 0.717) is 18.7 Å². The Bertz CT molecular complexity index is 539. The van der Waals surface area contributed by atoms with Crippen molar-refractivity contribution in [3.8, 4) is 11.8 Å². The van der Waals surface area contributed by atoms with Crippen molar-refractivity contribution in [2.45, 2.75) is 33.2 Å². The number of pyridine rings is 1. The number of hydrogen-bond acceptors (Lipinski definition) is 5. The fourth-order valence-electron chi connectivity index (χ4n) is 2.20. The summed E-state index contributed by atoms with van der Waals surface area (Å²) in [5, 5.41) is 21.2. The molecule has 2 rings (SSSR count). The molecule has 2 N–H and O–H groups in total. The number of anilines is 1. The van der Waals surface area contributed by atoms with Gasteiger partial charge in [-0.25, -0.2) is 4.98 Å². The van der Waals surface area contributed by atoms with E-state index in [-0.39, 0.29) is 29.4 Å². The van der Waals surface area contributed by atoms with Crippen molar-refractivity contribution < 1.29 is 9.90 Å². The third-order valence-electron chi connectivity index (χ3n) is 3.32. The topological polar surface area (TPSA) is 89.2 Å². The number of carbonyl (C=O) groups is 1. The number of hydrogen-bond donors (Lipinski definition) is 2. The first kappa shape index (κ1) is 16.9. The molecule has 6 nitrogen and oxygen atoms in total. The van der Waals surface area contributed by atoms with E-state index < -0.39 is 0 Å². The minimum atomic E-state index is -0.253. The summed E-state index contributed by atoms with van der Waals surface area (Å²) in [5.41, 5.74) is 0.714. The summed E-state index contributed by atoms with van der Waals surface area (Å²) in [7, 11) is 1.82. The molecule has 1 aromatic rings. The van der Waals surface area contributed by atoms with Crippen LogP contribution in [0.2, 0.25) is 0 Å². The largest absolute Gasteiger partial charge is 0.504 e. The predicted octanol–water partition coefficient (Wildman–Crippen LogP) is 1.90. The minimum Gasteiger partial charge on any atom is -0.504 e. The predicted molar refractivity (Wildman–Crippen MR) is 80.8 cm³/mol. The van der Waals surface area contributed by atoms with Crippen LogP contribution in [0.25, 0.3) is 0 Å². The molecule has 0 saturated carbocycles. The normalized spacial score (nSPS) is 21.1. The molecule has 1 saturated heterocycles. The van der Waals surface area contributed by atoms with Crippen LogP contribution in [0.4, 0.5) is 5.82 Å². The lowest BCUT2D eigenvalue weighted by molar-refractivity contribution is -0.119. The second-order valence-electron chi connectivity index (χ2n) is 4.83. The van der Waals surface area contributed by atoms with E-state index in [9.17, 15) is 9.90 Å². The molecule has 1 amide bonds. The van der Waals surface area contributed by atoms with Crippen molar-refractivity contribution in [3.63, 3.8) is 0 Å². The molecule has 2 unspecified atom stereocenters. The number of rotatable bonds is 2. The lowest BCUT2D eigenvalue weighted by atomic mass is 10.1. The average Bonchev–Trinajstić information content (AvgIpc) is 2.86. The van der Waals surface area contributed by atoms with Gasteiger partial charge in [0.15, 0.2) is 11.6 Å². The summed E-state index contributed by atoms with van der Waals surface area (Å²) in [6.45, 7) is 6.32. The zero-order valence-corrected chi connectivity index (χ0v) is 12.9. The summed E-state index contributed by atoms with van der Waals surface area (Å²) in [5.74, 6) is -0.343. The van der Waals surface area contributed by atoms with Gasteiger partial charge in [0.05, 0.1) is 18.0 Å². The molecule has 1 fully saturated rings. The second kappa shape index (κ2) is 7.60. The number of nitrogens with one attached hydrogen (secondary N) is 1. The fraction of sp³-hybridized carbons (Fsp3) is 0.533. The van der Waals surface area contributed by atoms with Crippen LogP contribution in [0.5, 0.6) is 5.75 Å². The first-order valence-electron chi connectivity index (χ1n) is 7.08. The smallest absolute Gasteiger partial charge is 0.230 e. The third kappa shape index (κ3) is 4.17. The van der Waals surface area contributed by atoms with Gasteiger partial charge in [-0.05, 0) is 32.5 Å². The van der Waals surface area contributed by atoms with Crippen LogP contribution in [-0.4, -0.2) is 40.5 Å². The van der Waals surface area contributed by atoms with E-state index in [2.05, 4.69) is 16.4 Å². The molecule has 0 aliphatic carbocycles. The van der Waals surface area contributed by atoms with Crippen LogP contribution in [0.1, 0.15) is 26.0 Å². The molecule has 6 heteroatoms. The van der Waals surface area contributed by atoms with E-state index >= 15 is 0 Å². The Balaban J connectivity index is 0.00000106. The molecule has 1 aromatic heterocycles. The Morgan fingerprint density at radius 2 is 2.19 bits per heavy atom. The van der Waals surface area contributed by atoms with Gasteiger partial charge < -0.3 is 10.4 Å². The van der Waals surface area contributed by atoms with Gasteiger partial charge in [-0.2, -0.15) is 5.26 Å². The molecule has 2 atom stereocenters. The molecule has 0 spiro atoms. The highest BCUT2D eigenvalue weighted by Crippen LogP contribution is 2.25. The number of aromatic hydroxyl groups is 1. The quantitative estimate of drug-likeness (QED) is 0.868. The molecule has 0 bridgehead atoms. The monoisotopic (exact) mass is 290 g/mol. The van der Waals surface area contributed by atoms with E-state index in [1.54, 1.807) is 13.0 Å². The maximum absolute atomic E-state index is 12.1. The molecular weight excluding hydrogens is 268 g/mol. The third-order valence-corrected chi connectivity index (χ3v) is 3.32. The fourth-order valence-corrected chi connectivity index (χ4v) is 2.20. The molecular formula is C15H22N4O2. The van der Waals surface area contributed by atoms with Crippen molar-refractivity contribution >= 4 is 11.7 Å². The average molecular weight is 290 g/mol. The number of amides is 1. The lowest BCUT2D eigenvalue weighted by Gasteiger charge is -2.12. The van der Waals surface area contributed by atoms with Crippen molar-refractivity contribution in [1.82, 2.24) is 9.88 Å². The lowest BCUT2D eigenvalue weighted by Crippen LogP contribution is -2.26. The number of carbonyl (C=O) groups excluding carboxylic acids is 1. The summed E-state index contributed by atoms with van der Waals surface area (Å²) < 4.78 is 0. The molecule has 114 valence electrons. The van der Waals surface area contributed by atoms with E-state index in [1.165, 1.54) is 6.07 Å². The highest BCUT2D eigenvalue weighted by molar-refractivity contribution is 5.93. The maximum Gasteiger partial charge on any atom is 0.230 e. The van der Waals surface area contributed by atoms with Gasteiger partial charge in [0.1, 0.15) is 0 Å². The minimum absolute atomic E-state index is 0.0536. The van der Waals surface area contributed by atoms with Crippen LogP contribution >= 0.6 is 0 Å². The van der Waals surface area contributed by atoms with Crippen LogP contribution in [0.15, 0.2) is 12.1 Å². The number of likely N-dealkylation sites (tertiary alicyclic amines) is 1. The summed E-state index contributed by atoms with van der Waals surface area (Å²) in [6, 6.07) is 5.10. The Morgan fingerprint density at radius 1 is 1.52 bits per heavy atom. The van der Waals surface area contributed by atoms with Gasteiger partial charge in [0, 0.05) is 12.2 Å². The Hall–Kier alpha value is -2.13. The molecule has 21 heavy (non-hydrogen) atoms.